The third kappa shape index (κ3) is 4.07. The van der Waals surface area contributed by atoms with Crippen molar-refractivity contribution in [1.82, 2.24) is 0 Å². The van der Waals surface area contributed by atoms with Gasteiger partial charge in [0.1, 0.15) is 11.7 Å². The van der Waals surface area contributed by atoms with E-state index in [9.17, 15) is 0 Å². The molecule has 0 bridgehead atoms. The molecule has 2 unspecified atom stereocenters. The molecule has 1 aliphatic rings. The molecule has 0 fully saturated rings. The number of nitrogens with one attached hydrogen (secondary N) is 1. The molecule has 22 heavy (non-hydrogen) atoms. The van der Waals surface area contributed by atoms with E-state index in [1.54, 1.807) is 0 Å². The summed E-state index contributed by atoms with van der Waals surface area (Å²) in [7, 11) is 0. The van der Waals surface area contributed by atoms with Crippen molar-refractivity contribution in [2.45, 2.75) is 33.7 Å². The first kappa shape index (κ1) is 16.5. The van der Waals surface area contributed by atoms with Crippen molar-refractivity contribution in [2.24, 2.45) is 32.5 Å². The number of hydrogen-bond acceptors (Lipinski definition) is 4. The quantitative estimate of drug-likeness (QED) is 0.874. The molecule has 5 nitrogen and oxygen atoms in total. The number of benzene rings is 1. The predicted molar refractivity (Wildman–Crippen MR) is 95.0 cm³/mol. The molecular weight excluding hydrogens is 298 g/mol. The van der Waals surface area contributed by atoms with Gasteiger partial charge in [0, 0.05) is 28.6 Å². The van der Waals surface area contributed by atoms with Crippen LogP contribution in [0.25, 0.3) is 0 Å². The summed E-state index contributed by atoms with van der Waals surface area (Å²) in [5.41, 5.74) is 6.83. The Morgan fingerprint density at radius 1 is 1.14 bits per heavy atom. The number of hydrogen-bond donors (Lipinski definition) is 2. The molecule has 0 saturated carbocycles. The Kier molecular flexibility index (Phi) is 5.19. The number of guanidine groups is 1. The van der Waals surface area contributed by atoms with Crippen LogP contribution in [-0.4, -0.2) is 23.7 Å². The molecule has 1 aromatic rings. The number of nitrogens with zero attached hydrogens (tertiary/aromatic N) is 3. The van der Waals surface area contributed by atoms with E-state index < -0.39 is 0 Å². The number of amidine groups is 2. The average Bonchev–Trinajstić information content (AvgIpc) is 2.54. The Morgan fingerprint density at radius 3 is 2.36 bits per heavy atom. The molecule has 0 saturated heterocycles. The number of aliphatic imine (C=N–C) groups is 3. The Labute approximate surface area is 136 Å². The van der Waals surface area contributed by atoms with Gasteiger partial charge in [0.05, 0.1) is 0 Å². The molecular formula is C16H22ClN5. The highest BCUT2D eigenvalue weighted by molar-refractivity contribution is 6.30. The van der Waals surface area contributed by atoms with Crippen molar-refractivity contribution >= 4 is 34.9 Å². The first-order valence-electron chi connectivity index (χ1n) is 7.40. The van der Waals surface area contributed by atoms with Crippen molar-refractivity contribution in [2.75, 3.05) is 5.32 Å². The molecule has 0 radical (unpaired) electrons. The number of halogens is 1. The fourth-order valence-electron chi connectivity index (χ4n) is 2.16. The molecule has 0 aromatic heterocycles. The molecule has 1 aliphatic heterocycles. The maximum absolute atomic E-state index is 5.91. The lowest BCUT2D eigenvalue weighted by Gasteiger charge is -2.20. The van der Waals surface area contributed by atoms with Crippen LogP contribution in [0.15, 0.2) is 39.2 Å². The van der Waals surface area contributed by atoms with Gasteiger partial charge in [-0.2, -0.15) is 9.98 Å². The third-order valence-electron chi connectivity index (χ3n) is 3.56. The van der Waals surface area contributed by atoms with Crippen molar-refractivity contribution in [3.63, 3.8) is 0 Å². The van der Waals surface area contributed by atoms with Crippen LogP contribution in [0.5, 0.6) is 0 Å². The second kappa shape index (κ2) is 6.92. The van der Waals surface area contributed by atoms with Gasteiger partial charge < -0.3 is 11.1 Å². The zero-order valence-electron chi connectivity index (χ0n) is 13.3. The summed E-state index contributed by atoms with van der Waals surface area (Å²) in [4.78, 5) is 13.3. The Hall–Kier alpha value is -1.88. The Bertz CT molecular complexity index is 616. The fourth-order valence-corrected chi connectivity index (χ4v) is 2.29. The maximum atomic E-state index is 5.91. The SMILES string of the molecule is CC(C)N=C1N=C(N)N=C(Nc2ccc(Cl)cc2)C(C)C1C. The molecule has 3 N–H and O–H groups in total. The normalized spacial score (nSPS) is 24.0. The van der Waals surface area contributed by atoms with Crippen molar-refractivity contribution in [1.29, 1.82) is 0 Å². The molecule has 1 aromatic carbocycles. The van der Waals surface area contributed by atoms with E-state index in [-0.39, 0.29) is 23.8 Å². The summed E-state index contributed by atoms with van der Waals surface area (Å²) in [5.74, 6) is 2.01. The standard InChI is InChI=1S/C16H22ClN5/c1-9(2)19-14-10(3)11(4)15(22-16(18)21-14)20-13-7-5-12(17)6-8-13/h5-11H,1-4H3,(H3,18,19,20,21,22). The van der Waals surface area contributed by atoms with Crippen LogP contribution >= 0.6 is 11.6 Å². The molecule has 1 heterocycles. The lowest BCUT2D eigenvalue weighted by Crippen LogP contribution is -2.29. The van der Waals surface area contributed by atoms with Crippen LogP contribution in [0.1, 0.15) is 27.7 Å². The van der Waals surface area contributed by atoms with Crippen LogP contribution in [-0.2, 0) is 0 Å². The highest BCUT2D eigenvalue weighted by Crippen LogP contribution is 2.22. The van der Waals surface area contributed by atoms with Gasteiger partial charge >= 0.3 is 0 Å². The Balaban J connectivity index is 2.27. The van der Waals surface area contributed by atoms with Gasteiger partial charge in [-0.25, -0.2) is 0 Å². The lowest BCUT2D eigenvalue weighted by molar-refractivity contribution is 0.614. The van der Waals surface area contributed by atoms with Crippen molar-refractivity contribution in [3.8, 4) is 0 Å². The maximum Gasteiger partial charge on any atom is 0.223 e. The molecule has 0 aliphatic carbocycles. The molecule has 0 amide bonds. The Morgan fingerprint density at radius 2 is 1.77 bits per heavy atom. The predicted octanol–water partition coefficient (Wildman–Crippen LogP) is 3.56. The van der Waals surface area contributed by atoms with Crippen LogP contribution in [0, 0.1) is 11.8 Å². The number of anilines is 1. The van der Waals surface area contributed by atoms with Crippen molar-refractivity contribution in [3.05, 3.63) is 29.3 Å². The first-order valence-corrected chi connectivity index (χ1v) is 7.77. The summed E-state index contributed by atoms with van der Waals surface area (Å²) in [5, 5.41) is 4.00. The summed E-state index contributed by atoms with van der Waals surface area (Å²) in [6, 6.07) is 7.65. The zero-order valence-corrected chi connectivity index (χ0v) is 14.1. The number of rotatable bonds is 2. The van der Waals surface area contributed by atoms with Gasteiger partial charge in [-0.05, 0) is 38.1 Å². The van der Waals surface area contributed by atoms with Crippen molar-refractivity contribution < 1.29 is 0 Å². The van der Waals surface area contributed by atoms with Gasteiger partial charge in [0.25, 0.3) is 0 Å². The minimum Gasteiger partial charge on any atom is -0.368 e. The van der Waals surface area contributed by atoms with E-state index in [4.69, 9.17) is 17.3 Å². The highest BCUT2D eigenvalue weighted by Gasteiger charge is 2.26. The monoisotopic (exact) mass is 319 g/mol. The van der Waals surface area contributed by atoms with E-state index in [0.29, 0.717) is 5.02 Å². The summed E-state index contributed by atoms with van der Waals surface area (Å²) < 4.78 is 0. The first-order chi connectivity index (χ1) is 10.4. The van der Waals surface area contributed by atoms with Gasteiger partial charge in [-0.15, -0.1) is 0 Å². The number of nitrogens with two attached hydrogens (primary N) is 1. The fraction of sp³-hybridized carbons (Fsp3) is 0.438. The van der Waals surface area contributed by atoms with Gasteiger partial charge in [-0.3, -0.25) is 4.99 Å². The van der Waals surface area contributed by atoms with E-state index >= 15 is 0 Å². The lowest BCUT2D eigenvalue weighted by atomic mass is 9.93. The minimum atomic E-state index is 0.123. The zero-order chi connectivity index (χ0) is 16.3. The van der Waals surface area contributed by atoms with Gasteiger partial charge in [0.2, 0.25) is 5.96 Å². The summed E-state index contributed by atoms with van der Waals surface area (Å²) in [6.45, 7) is 8.23. The second-order valence-electron chi connectivity index (χ2n) is 5.76. The van der Waals surface area contributed by atoms with Crippen LogP contribution in [0.3, 0.4) is 0 Å². The van der Waals surface area contributed by atoms with E-state index in [2.05, 4.69) is 34.1 Å². The van der Waals surface area contributed by atoms with E-state index in [0.717, 1.165) is 17.4 Å². The average molecular weight is 320 g/mol. The largest absolute Gasteiger partial charge is 0.368 e. The van der Waals surface area contributed by atoms with E-state index in [1.165, 1.54) is 0 Å². The van der Waals surface area contributed by atoms with Crippen LogP contribution in [0.2, 0.25) is 5.02 Å². The molecule has 118 valence electrons. The molecule has 6 heteroatoms. The van der Waals surface area contributed by atoms with E-state index in [1.807, 2.05) is 38.1 Å². The van der Waals surface area contributed by atoms with Crippen LogP contribution < -0.4 is 11.1 Å². The van der Waals surface area contributed by atoms with Gasteiger partial charge in [0.15, 0.2) is 0 Å². The third-order valence-corrected chi connectivity index (χ3v) is 3.81. The molecule has 2 atom stereocenters. The topological polar surface area (TPSA) is 75.1 Å². The summed E-state index contributed by atoms with van der Waals surface area (Å²) in [6.07, 6.45) is 0. The van der Waals surface area contributed by atoms with Gasteiger partial charge in [-0.1, -0.05) is 25.4 Å². The molecule has 2 rings (SSSR count). The summed E-state index contributed by atoms with van der Waals surface area (Å²) >= 11 is 5.91. The molecule has 0 spiro atoms. The highest BCUT2D eigenvalue weighted by atomic mass is 35.5. The minimum absolute atomic E-state index is 0.123. The smallest absolute Gasteiger partial charge is 0.223 e. The second-order valence-corrected chi connectivity index (χ2v) is 6.19. The van der Waals surface area contributed by atoms with Crippen LogP contribution in [0.4, 0.5) is 5.69 Å².